The molecule has 18 heavy (non-hydrogen) atoms. The van der Waals surface area contributed by atoms with Crippen molar-refractivity contribution in [3.8, 4) is 0 Å². The van der Waals surface area contributed by atoms with E-state index in [1.165, 1.54) is 51.4 Å². The average molecular weight is 274 g/mol. The molecule has 1 nitrogen and oxygen atoms in total. The zero-order valence-corrected chi connectivity index (χ0v) is 13.4. The molecule has 1 aliphatic rings. The Balaban J connectivity index is 2.37. The number of rotatable bonds is 8. The number of hydrogen-bond acceptors (Lipinski definition) is 1. The molecule has 0 heterocycles. The van der Waals surface area contributed by atoms with Gasteiger partial charge < -0.3 is 5.32 Å². The molecular weight excluding hydrogens is 242 g/mol. The zero-order valence-electron chi connectivity index (χ0n) is 12.6. The summed E-state index contributed by atoms with van der Waals surface area (Å²) in [4.78, 5) is 0. The van der Waals surface area contributed by atoms with E-state index in [-0.39, 0.29) is 5.54 Å². The first-order chi connectivity index (χ1) is 8.65. The number of halogens is 1. The molecule has 0 aliphatic heterocycles. The Morgan fingerprint density at radius 2 is 1.94 bits per heavy atom. The largest absolute Gasteiger partial charge is 0.310 e. The summed E-state index contributed by atoms with van der Waals surface area (Å²) in [6, 6.07) is 0. The smallest absolute Gasteiger partial charge is 0.0406 e. The maximum absolute atomic E-state index is 6.25. The molecule has 1 atom stereocenters. The molecule has 0 aromatic rings. The van der Waals surface area contributed by atoms with E-state index in [0.29, 0.717) is 0 Å². The molecule has 0 radical (unpaired) electrons. The fourth-order valence-corrected chi connectivity index (χ4v) is 3.34. The first kappa shape index (κ1) is 16.3. The minimum absolute atomic E-state index is 0.244. The summed E-state index contributed by atoms with van der Waals surface area (Å²) < 4.78 is 0. The van der Waals surface area contributed by atoms with E-state index < -0.39 is 0 Å². The van der Waals surface area contributed by atoms with Crippen LogP contribution in [0.3, 0.4) is 0 Å². The zero-order chi connectivity index (χ0) is 13.4. The highest BCUT2D eigenvalue weighted by atomic mass is 35.5. The van der Waals surface area contributed by atoms with Gasteiger partial charge in [-0.1, -0.05) is 40.0 Å². The molecule has 1 unspecified atom stereocenters. The maximum Gasteiger partial charge on any atom is 0.0406 e. The van der Waals surface area contributed by atoms with Crippen LogP contribution in [-0.2, 0) is 0 Å². The van der Waals surface area contributed by atoms with Crippen molar-refractivity contribution >= 4 is 11.6 Å². The minimum atomic E-state index is 0.244. The molecule has 1 fully saturated rings. The van der Waals surface area contributed by atoms with Gasteiger partial charge in [-0.15, -0.1) is 11.6 Å². The molecule has 0 aromatic carbocycles. The topological polar surface area (TPSA) is 12.0 Å². The van der Waals surface area contributed by atoms with Gasteiger partial charge in [0.1, 0.15) is 0 Å². The van der Waals surface area contributed by atoms with Gasteiger partial charge >= 0.3 is 0 Å². The van der Waals surface area contributed by atoms with Crippen LogP contribution in [0.5, 0.6) is 0 Å². The lowest BCUT2D eigenvalue weighted by atomic mass is 9.78. The van der Waals surface area contributed by atoms with Crippen molar-refractivity contribution in [3.05, 3.63) is 0 Å². The quantitative estimate of drug-likeness (QED) is 0.615. The van der Waals surface area contributed by atoms with Crippen molar-refractivity contribution in [1.29, 1.82) is 0 Å². The van der Waals surface area contributed by atoms with Crippen molar-refractivity contribution in [2.24, 2.45) is 11.8 Å². The predicted octanol–water partition coefficient (Wildman–Crippen LogP) is 4.98. The van der Waals surface area contributed by atoms with E-state index in [4.69, 9.17) is 11.6 Å². The van der Waals surface area contributed by atoms with E-state index >= 15 is 0 Å². The van der Waals surface area contributed by atoms with Gasteiger partial charge in [0.2, 0.25) is 0 Å². The molecule has 0 saturated heterocycles. The summed E-state index contributed by atoms with van der Waals surface area (Å²) in [5, 5.41) is 3.83. The standard InChI is InChI=1S/C16H32ClN/c1-4-6-7-15(5-2)12-18-16(13-17)10-8-14(3)9-11-16/h14-15,18H,4-13H2,1-3H3. The van der Waals surface area contributed by atoms with Crippen molar-refractivity contribution in [3.63, 3.8) is 0 Å². The molecule has 1 aliphatic carbocycles. The second kappa shape index (κ2) is 8.43. The Morgan fingerprint density at radius 1 is 1.28 bits per heavy atom. The minimum Gasteiger partial charge on any atom is -0.310 e. The molecule has 0 bridgehead atoms. The predicted molar refractivity (Wildman–Crippen MR) is 82.4 cm³/mol. The summed E-state index contributed by atoms with van der Waals surface area (Å²) in [6.07, 6.45) is 10.6. The highest BCUT2D eigenvalue weighted by molar-refractivity contribution is 6.18. The highest BCUT2D eigenvalue weighted by Gasteiger charge is 2.33. The normalized spacial score (nSPS) is 30.3. The molecule has 1 N–H and O–H groups in total. The van der Waals surface area contributed by atoms with Crippen LogP contribution in [0, 0.1) is 11.8 Å². The van der Waals surface area contributed by atoms with Gasteiger partial charge in [0.05, 0.1) is 0 Å². The molecular formula is C16H32ClN. The fourth-order valence-electron chi connectivity index (χ4n) is 2.98. The molecule has 1 saturated carbocycles. The SMILES string of the molecule is CCCCC(CC)CNC1(CCl)CCC(C)CC1. The lowest BCUT2D eigenvalue weighted by molar-refractivity contribution is 0.205. The Morgan fingerprint density at radius 3 is 2.44 bits per heavy atom. The molecule has 108 valence electrons. The second-order valence-electron chi connectivity index (χ2n) is 6.39. The first-order valence-corrected chi connectivity index (χ1v) is 8.50. The highest BCUT2D eigenvalue weighted by Crippen LogP contribution is 2.33. The van der Waals surface area contributed by atoms with Crippen LogP contribution >= 0.6 is 11.6 Å². The Kier molecular flexibility index (Phi) is 7.63. The summed E-state index contributed by atoms with van der Waals surface area (Å²) in [5.74, 6) is 2.51. The van der Waals surface area contributed by atoms with Gasteiger partial charge in [-0.2, -0.15) is 0 Å². The van der Waals surface area contributed by atoms with Crippen LogP contribution in [0.15, 0.2) is 0 Å². The van der Waals surface area contributed by atoms with Crippen molar-refractivity contribution < 1.29 is 0 Å². The lowest BCUT2D eigenvalue weighted by Crippen LogP contribution is -2.51. The Labute approximate surface area is 119 Å². The molecule has 2 heteroatoms. The van der Waals surface area contributed by atoms with Gasteiger partial charge in [-0.25, -0.2) is 0 Å². The van der Waals surface area contributed by atoms with Crippen LogP contribution in [0.2, 0.25) is 0 Å². The van der Waals surface area contributed by atoms with Crippen molar-refractivity contribution in [1.82, 2.24) is 5.32 Å². The van der Waals surface area contributed by atoms with Crippen molar-refractivity contribution in [2.75, 3.05) is 12.4 Å². The van der Waals surface area contributed by atoms with Gasteiger partial charge in [-0.3, -0.25) is 0 Å². The molecule has 1 rings (SSSR count). The summed E-state index contributed by atoms with van der Waals surface area (Å²) >= 11 is 6.25. The maximum atomic E-state index is 6.25. The first-order valence-electron chi connectivity index (χ1n) is 7.96. The van der Waals surface area contributed by atoms with E-state index in [1.54, 1.807) is 0 Å². The van der Waals surface area contributed by atoms with Crippen LogP contribution in [0.4, 0.5) is 0 Å². The van der Waals surface area contributed by atoms with E-state index in [1.807, 2.05) is 0 Å². The fraction of sp³-hybridized carbons (Fsp3) is 1.00. The van der Waals surface area contributed by atoms with E-state index in [2.05, 4.69) is 26.1 Å². The number of alkyl halides is 1. The third kappa shape index (κ3) is 5.09. The summed E-state index contributed by atoms with van der Waals surface area (Å²) in [7, 11) is 0. The third-order valence-electron chi connectivity index (χ3n) is 4.80. The second-order valence-corrected chi connectivity index (χ2v) is 6.66. The summed E-state index contributed by atoms with van der Waals surface area (Å²) in [5.41, 5.74) is 0.244. The number of hydrogen-bond donors (Lipinski definition) is 1. The van der Waals surface area contributed by atoms with Crippen LogP contribution in [-0.4, -0.2) is 18.0 Å². The van der Waals surface area contributed by atoms with Gasteiger partial charge in [0, 0.05) is 11.4 Å². The van der Waals surface area contributed by atoms with E-state index in [0.717, 1.165) is 24.3 Å². The number of nitrogens with one attached hydrogen (secondary N) is 1. The number of unbranched alkanes of at least 4 members (excludes halogenated alkanes) is 1. The lowest BCUT2D eigenvalue weighted by Gasteiger charge is -2.40. The van der Waals surface area contributed by atoms with Gasteiger partial charge in [0.15, 0.2) is 0 Å². The monoisotopic (exact) mass is 273 g/mol. The van der Waals surface area contributed by atoms with Crippen LogP contribution in [0.1, 0.15) is 72.1 Å². The average Bonchev–Trinajstić information content (AvgIpc) is 2.41. The van der Waals surface area contributed by atoms with Crippen LogP contribution in [0.25, 0.3) is 0 Å². The molecule has 0 spiro atoms. The third-order valence-corrected chi connectivity index (χ3v) is 5.31. The molecule has 0 aromatic heterocycles. The van der Waals surface area contributed by atoms with Crippen LogP contribution < -0.4 is 5.32 Å². The summed E-state index contributed by atoms with van der Waals surface area (Å²) in [6.45, 7) is 8.13. The Bertz CT molecular complexity index is 209. The molecule has 0 amide bonds. The van der Waals surface area contributed by atoms with E-state index in [9.17, 15) is 0 Å². The van der Waals surface area contributed by atoms with Gasteiger partial charge in [0.25, 0.3) is 0 Å². The Hall–Kier alpha value is 0.250. The van der Waals surface area contributed by atoms with Gasteiger partial charge in [-0.05, 0) is 50.5 Å². The van der Waals surface area contributed by atoms with Crippen molar-refractivity contribution in [2.45, 2.75) is 77.7 Å².